The van der Waals surface area contributed by atoms with E-state index in [2.05, 4.69) is 35.5 Å². The van der Waals surface area contributed by atoms with Crippen LogP contribution in [0, 0.1) is 0 Å². The second kappa shape index (κ2) is 11.3. The molecule has 37 heavy (non-hydrogen) atoms. The molecule has 2 N–H and O–H groups in total. The van der Waals surface area contributed by atoms with E-state index >= 15 is 0 Å². The SMILES string of the molecule is CN1CCN(CC(=O)Nc2cc(C(=O)Nc3ncc(-c4ccccc4)nn3)ccc2OC(F)(F)F)CC1. The molecule has 0 saturated carbocycles. The number of halogens is 3. The van der Waals surface area contributed by atoms with E-state index in [0.717, 1.165) is 36.9 Å². The third-order valence-corrected chi connectivity index (χ3v) is 5.56. The standard InChI is InChI=1S/C24H24F3N7O3/c1-33-9-11-34(12-10-33)15-21(35)29-18-13-17(7-8-20(18)37-24(25,26)27)22(36)30-23-28-14-19(31-32-23)16-5-3-2-4-6-16/h2-8,13-14H,9-12,15H2,1H3,(H,29,35)(H,28,30,32,36). The van der Waals surface area contributed by atoms with Gasteiger partial charge in [0.2, 0.25) is 11.9 Å². The van der Waals surface area contributed by atoms with Crippen LogP contribution in [0.25, 0.3) is 11.3 Å². The topological polar surface area (TPSA) is 113 Å². The van der Waals surface area contributed by atoms with Gasteiger partial charge in [-0.25, -0.2) is 4.98 Å². The van der Waals surface area contributed by atoms with Crippen molar-refractivity contribution >= 4 is 23.5 Å². The molecule has 194 valence electrons. The number of amides is 2. The van der Waals surface area contributed by atoms with Gasteiger partial charge in [0.1, 0.15) is 5.69 Å². The molecule has 0 radical (unpaired) electrons. The van der Waals surface area contributed by atoms with Crippen molar-refractivity contribution in [3.05, 3.63) is 60.3 Å². The van der Waals surface area contributed by atoms with Crippen molar-refractivity contribution in [2.45, 2.75) is 6.36 Å². The maximum absolute atomic E-state index is 12.9. The van der Waals surface area contributed by atoms with Crippen molar-refractivity contribution in [2.24, 2.45) is 0 Å². The van der Waals surface area contributed by atoms with E-state index in [0.29, 0.717) is 18.8 Å². The zero-order chi connectivity index (χ0) is 26.4. The van der Waals surface area contributed by atoms with Gasteiger partial charge in [-0.2, -0.15) is 0 Å². The second-order valence-electron chi connectivity index (χ2n) is 8.37. The Bertz CT molecular complexity index is 1230. The summed E-state index contributed by atoms with van der Waals surface area (Å²) in [5.74, 6) is -1.97. The zero-order valence-electron chi connectivity index (χ0n) is 19.8. The minimum Gasteiger partial charge on any atom is -0.404 e. The number of ether oxygens (including phenoxy) is 1. The van der Waals surface area contributed by atoms with Crippen LogP contribution in [0.5, 0.6) is 5.75 Å². The van der Waals surface area contributed by atoms with Crippen LogP contribution in [0.15, 0.2) is 54.7 Å². The number of rotatable bonds is 7. The first-order valence-electron chi connectivity index (χ1n) is 11.3. The largest absolute Gasteiger partial charge is 0.573 e. The highest BCUT2D eigenvalue weighted by molar-refractivity contribution is 6.05. The predicted octanol–water partition coefficient (Wildman–Crippen LogP) is 2.88. The van der Waals surface area contributed by atoms with Crippen molar-refractivity contribution in [3.8, 4) is 17.0 Å². The normalized spacial score (nSPS) is 14.7. The molecule has 13 heteroatoms. The lowest BCUT2D eigenvalue weighted by atomic mass is 10.1. The molecule has 1 saturated heterocycles. The van der Waals surface area contributed by atoms with E-state index in [1.54, 1.807) is 0 Å². The molecule has 1 fully saturated rings. The fourth-order valence-corrected chi connectivity index (χ4v) is 3.63. The summed E-state index contributed by atoms with van der Waals surface area (Å²) < 4.78 is 42.8. The fraction of sp³-hybridized carbons (Fsp3) is 0.292. The van der Waals surface area contributed by atoms with Crippen LogP contribution >= 0.6 is 0 Å². The number of carbonyl (C=O) groups excluding carboxylic acids is 2. The minimum absolute atomic E-state index is 0.0109. The summed E-state index contributed by atoms with van der Waals surface area (Å²) in [6.45, 7) is 2.83. The van der Waals surface area contributed by atoms with Crippen molar-refractivity contribution in [1.82, 2.24) is 25.0 Å². The number of benzene rings is 2. The Morgan fingerprint density at radius 1 is 1.00 bits per heavy atom. The molecule has 4 rings (SSSR count). The Balaban J connectivity index is 1.47. The van der Waals surface area contributed by atoms with Crippen molar-refractivity contribution in [3.63, 3.8) is 0 Å². The number of carbonyl (C=O) groups is 2. The van der Waals surface area contributed by atoms with Crippen LogP contribution in [-0.4, -0.2) is 82.9 Å². The predicted molar refractivity (Wildman–Crippen MR) is 129 cm³/mol. The molecule has 3 aromatic rings. The van der Waals surface area contributed by atoms with Crippen LogP contribution in [0.3, 0.4) is 0 Å². The maximum atomic E-state index is 12.9. The van der Waals surface area contributed by atoms with Crippen LogP contribution in [0.2, 0.25) is 0 Å². The molecule has 0 unspecified atom stereocenters. The molecular weight excluding hydrogens is 491 g/mol. The van der Waals surface area contributed by atoms with E-state index in [1.165, 1.54) is 6.20 Å². The number of aromatic nitrogens is 3. The number of alkyl halides is 3. The maximum Gasteiger partial charge on any atom is 0.573 e. The highest BCUT2D eigenvalue weighted by Crippen LogP contribution is 2.31. The first kappa shape index (κ1) is 26.0. The van der Waals surface area contributed by atoms with Gasteiger partial charge in [0.05, 0.1) is 18.4 Å². The molecule has 2 heterocycles. The van der Waals surface area contributed by atoms with Crippen LogP contribution in [0.4, 0.5) is 24.8 Å². The van der Waals surface area contributed by atoms with Gasteiger partial charge in [-0.1, -0.05) is 30.3 Å². The van der Waals surface area contributed by atoms with Gasteiger partial charge in [-0.3, -0.25) is 19.8 Å². The average Bonchev–Trinajstić information content (AvgIpc) is 2.86. The number of nitrogens with one attached hydrogen (secondary N) is 2. The van der Waals surface area contributed by atoms with Crippen molar-refractivity contribution in [2.75, 3.05) is 50.4 Å². The molecule has 1 aromatic heterocycles. The third kappa shape index (κ3) is 7.44. The molecule has 0 bridgehead atoms. The Labute approximate surface area is 210 Å². The fourth-order valence-electron chi connectivity index (χ4n) is 3.63. The number of anilines is 2. The van der Waals surface area contributed by atoms with E-state index in [-0.39, 0.29) is 23.7 Å². The molecule has 1 aliphatic heterocycles. The number of hydrogen-bond donors (Lipinski definition) is 2. The molecule has 0 spiro atoms. The number of nitrogens with zero attached hydrogens (tertiary/aromatic N) is 5. The van der Waals surface area contributed by atoms with E-state index in [1.807, 2.05) is 42.3 Å². The van der Waals surface area contributed by atoms with Crippen LogP contribution < -0.4 is 15.4 Å². The summed E-state index contributed by atoms with van der Waals surface area (Å²) in [5, 5.41) is 12.8. The zero-order valence-corrected chi connectivity index (χ0v) is 19.8. The highest BCUT2D eigenvalue weighted by atomic mass is 19.4. The monoisotopic (exact) mass is 515 g/mol. The summed E-state index contributed by atoms with van der Waals surface area (Å²) in [5.41, 5.74) is 0.956. The van der Waals surface area contributed by atoms with Gasteiger partial charge >= 0.3 is 6.36 Å². The molecule has 0 atom stereocenters. The van der Waals surface area contributed by atoms with Crippen LogP contribution in [0.1, 0.15) is 10.4 Å². The van der Waals surface area contributed by atoms with Gasteiger partial charge in [0.25, 0.3) is 5.91 Å². The molecule has 0 aliphatic carbocycles. The molecule has 1 aliphatic rings. The van der Waals surface area contributed by atoms with Gasteiger partial charge in [0, 0.05) is 37.3 Å². The Kier molecular flexibility index (Phi) is 7.94. The lowest BCUT2D eigenvalue weighted by Gasteiger charge is -2.31. The smallest absolute Gasteiger partial charge is 0.404 e. The van der Waals surface area contributed by atoms with E-state index in [4.69, 9.17) is 0 Å². The Morgan fingerprint density at radius 2 is 1.73 bits per heavy atom. The lowest BCUT2D eigenvalue weighted by molar-refractivity contribution is -0.274. The first-order chi connectivity index (χ1) is 17.7. The summed E-state index contributed by atoms with van der Waals surface area (Å²) in [4.78, 5) is 33.4. The number of likely N-dealkylation sites (N-methyl/N-ethyl adjacent to an activating group) is 1. The number of piperazine rings is 1. The average molecular weight is 515 g/mol. The Hall–Kier alpha value is -4.10. The minimum atomic E-state index is -4.99. The van der Waals surface area contributed by atoms with Crippen molar-refractivity contribution < 1.29 is 27.5 Å². The quantitative estimate of drug-likeness (QED) is 0.494. The van der Waals surface area contributed by atoms with Gasteiger partial charge < -0.3 is 15.0 Å². The molecule has 2 amide bonds. The van der Waals surface area contributed by atoms with Gasteiger partial charge in [-0.05, 0) is 25.2 Å². The number of hydrogen-bond acceptors (Lipinski definition) is 8. The van der Waals surface area contributed by atoms with Gasteiger partial charge in [-0.15, -0.1) is 23.4 Å². The van der Waals surface area contributed by atoms with Crippen LogP contribution in [-0.2, 0) is 4.79 Å². The van der Waals surface area contributed by atoms with E-state index in [9.17, 15) is 22.8 Å². The summed E-state index contributed by atoms with van der Waals surface area (Å²) in [7, 11) is 1.97. The second-order valence-corrected chi connectivity index (χ2v) is 8.37. The van der Waals surface area contributed by atoms with Crippen molar-refractivity contribution in [1.29, 1.82) is 0 Å². The summed E-state index contributed by atoms with van der Waals surface area (Å²) in [6, 6.07) is 12.4. The lowest BCUT2D eigenvalue weighted by Crippen LogP contribution is -2.47. The summed E-state index contributed by atoms with van der Waals surface area (Å²) >= 11 is 0. The van der Waals surface area contributed by atoms with E-state index < -0.39 is 23.9 Å². The first-order valence-corrected chi connectivity index (χ1v) is 11.3. The summed E-state index contributed by atoms with van der Waals surface area (Å²) in [6.07, 6.45) is -3.55. The Morgan fingerprint density at radius 3 is 2.38 bits per heavy atom. The van der Waals surface area contributed by atoms with Gasteiger partial charge in [0.15, 0.2) is 5.75 Å². The molecular formula is C24H24F3N7O3. The highest BCUT2D eigenvalue weighted by Gasteiger charge is 2.32. The molecule has 10 nitrogen and oxygen atoms in total. The third-order valence-electron chi connectivity index (χ3n) is 5.56. The molecule has 2 aromatic carbocycles.